The first-order chi connectivity index (χ1) is 14.5. The number of nitrogens with one attached hydrogen (secondary N) is 1. The summed E-state index contributed by atoms with van der Waals surface area (Å²) in [6, 6.07) is 7.66. The monoisotopic (exact) mass is 451 g/mol. The molecule has 1 N–H and O–H groups in total. The molecule has 156 valence electrons. The molecule has 0 saturated carbocycles. The maximum Gasteiger partial charge on any atom is 0.387 e. The Hall–Kier alpha value is -2.98. The van der Waals surface area contributed by atoms with Crippen molar-refractivity contribution in [2.45, 2.75) is 18.3 Å². The van der Waals surface area contributed by atoms with E-state index in [9.17, 15) is 13.6 Å². The van der Waals surface area contributed by atoms with E-state index in [4.69, 9.17) is 11.6 Å². The molecule has 11 heteroatoms. The van der Waals surface area contributed by atoms with Crippen LogP contribution in [0, 0.1) is 0 Å². The van der Waals surface area contributed by atoms with E-state index in [0.29, 0.717) is 23.2 Å². The van der Waals surface area contributed by atoms with Crippen molar-refractivity contribution in [3.63, 3.8) is 0 Å². The van der Waals surface area contributed by atoms with E-state index in [1.165, 1.54) is 30.0 Å². The summed E-state index contributed by atoms with van der Waals surface area (Å²) >= 11 is 7.10. The molecule has 0 saturated heterocycles. The number of allylic oxidation sites excluding steroid dienone is 1. The zero-order chi connectivity index (χ0) is 21.5. The van der Waals surface area contributed by atoms with Crippen molar-refractivity contribution in [1.82, 2.24) is 19.7 Å². The van der Waals surface area contributed by atoms with E-state index in [2.05, 4.69) is 31.8 Å². The number of carbonyl (C=O) groups is 1. The van der Waals surface area contributed by atoms with E-state index in [0.717, 1.165) is 5.56 Å². The normalized spacial score (nSPS) is 10.8. The van der Waals surface area contributed by atoms with Gasteiger partial charge in [-0.15, -0.1) is 16.8 Å². The van der Waals surface area contributed by atoms with Gasteiger partial charge < -0.3 is 10.1 Å². The Balaban J connectivity index is 1.65. The number of hydrogen-bond acceptors (Lipinski definition) is 6. The Morgan fingerprint density at radius 3 is 2.73 bits per heavy atom. The SMILES string of the molecule is C=CCn1c(SCC(=O)Nc2ccc(OC(F)F)c(Cl)c2)nnc1-c1ccncc1. The number of nitrogens with zero attached hydrogens (tertiary/aromatic N) is 4. The number of halogens is 3. The van der Waals surface area contributed by atoms with Crippen molar-refractivity contribution >= 4 is 35.0 Å². The van der Waals surface area contributed by atoms with E-state index < -0.39 is 6.61 Å². The van der Waals surface area contributed by atoms with Crippen molar-refractivity contribution in [2.24, 2.45) is 0 Å². The number of alkyl halides is 2. The first-order valence-corrected chi connectivity index (χ1v) is 9.95. The van der Waals surface area contributed by atoms with Crippen molar-refractivity contribution in [1.29, 1.82) is 0 Å². The van der Waals surface area contributed by atoms with Gasteiger partial charge in [0.05, 0.1) is 10.8 Å². The molecular formula is C19H16ClF2N5O2S. The molecule has 0 fully saturated rings. The molecule has 2 heterocycles. The second-order valence-corrected chi connectivity index (χ2v) is 7.15. The largest absolute Gasteiger partial charge is 0.433 e. The van der Waals surface area contributed by atoms with Gasteiger partial charge >= 0.3 is 6.61 Å². The number of hydrogen-bond donors (Lipinski definition) is 1. The van der Waals surface area contributed by atoms with Gasteiger partial charge in [0.1, 0.15) is 5.75 Å². The van der Waals surface area contributed by atoms with Crippen LogP contribution >= 0.6 is 23.4 Å². The average Bonchev–Trinajstić information content (AvgIpc) is 3.12. The highest BCUT2D eigenvalue weighted by Crippen LogP contribution is 2.29. The van der Waals surface area contributed by atoms with Crippen LogP contribution in [-0.4, -0.2) is 38.0 Å². The molecule has 3 rings (SSSR count). The van der Waals surface area contributed by atoms with E-state index in [1.807, 2.05) is 16.7 Å². The van der Waals surface area contributed by atoms with Crippen LogP contribution in [0.3, 0.4) is 0 Å². The minimum absolute atomic E-state index is 0.0338. The molecule has 3 aromatic rings. The van der Waals surface area contributed by atoms with Gasteiger partial charge in [-0.2, -0.15) is 8.78 Å². The average molecular weight is 452 g/mol. The Bertz CT molecular complexity index is 1030. The molecule has 0 spiro atoms. The molecule has 0 aliphatic carbocycles. The summed E-state index contributed by atoms with van der Waals surface area (Å²) in [4.78, 5) is 16.3. The highest BCUT2D eigenvalue weighted by atomic mass is 35.5. The fourth-order valence-corrected chi connectivity index (χ4v) is 3.47. The highest BCUT2D eigenvalue weighted by molar-refractivity contribution is 7.99. The Kier molecular flexibility index (Phi) is 7.36. The number of aromatic nitrogens is 4. The number of carbonyl (C=O) groups excluding carboxylic acids is 1. The van der Waals surface area contributed by atoms with Gasteiger partial charge in [0.25, 0.3) is 0 Å². The molecular weight excluding hydrogens is 436 g/mol. The molecule has 7 nitrogen and oxygen atoms in total. The van der Waals surface area contributed by atoms with Crippen LogP contribution in [0.5, 0.6) is 5.75 Å². The summed E-state index contributed by atoms with van der Waals surface area (Å²) < 4.78 is 30.7. The fourth-order valence-electron chi connectivity index (χ4n) is 2.50. The number of amides is 1. The lowest BCUT2D eigenvalue weighted by Gasteiger charge is -2.10. The van der Waals surface area contributed by atoms with E-state index in [-0.39, 0.29) is 22.4 Å². The van der Waals surface area contributed by atoms with Crippen molar-refractivity contribution in [3.8, 4) is 17.1 Å². The predicted octanol–water partition coefficient (Wildman–Crippen LogP) is 4.51. The third-order valence-corrected chi connectivity index (χ3v) is 4.99. The quantitative estimate of drug-likeness (QED) is 0.380. The van der Waals surface area contributed by atoms with Gasteiger partial charge in [0.2, 0.25) is 5.91 Å². The van der Waals surface area contributed by atoms with Crippen LogP contribution in [0.4, 0.5) is 14.5 Å². The minimum atomic E-state index is -2.98. The number of benzene rings is 1. The van der Waals surface area contributed by atoms with Gasteiger partial charge in [0, 0.05) is 30.2 Å². The molecule has 0 unspecified atom stereocenters. The smallest absolute Gasteiger partial charge is 0.387 e. The minimum Gasteiger partial charge on any atom is -0.433 e. The van der Waals surface area contributed by atoms with E-state index in [1.54, 1.807) is 18.5 Å². The summed E-state index contributed by atoms with van der Waals surface area (Å²) in [5.41, 5.74) is 1.20. The highest BCUT2D eigenvalue weighted by Gasteiger charge is 2.15. The van der Waals surface area contributed by atoms with Gasteiger partial charge in [-0.05, 0) is 30.3 Å². The molecule has 1 aromatic carbocycles. The second-order valence-electron chi connectivity index (χ2n) is 5.80. The van der Waals surface area contributed by atoms with Crippen molar-refractivity contribution < 1.29 is 18.3 Å². The number of pyridine rings is 1. The van der Waals surface area contributed by atoms with Gasteiger partial charge in [0.15, 0.2) is 11.0 Å². The molecule has 0 atom stereocenters. The number of anilines is 1. The number of ether oxygens (including phenoxy) is 1. The molecule has 0 aliphatic rings. The Labute approximate surface area is 180 Å². The van der Waals surface area contributed by atoms with Crippen molar-refractivity contribution in [3.05, 3.63) is 60.4 Å². The molecule has 30 heavy (non-hydrogen) atoms. The van der Waals surface area contributed by atoms with Crippen LogP contribution in [0.25, 0.3) is 11.4 Å². The van der Waals surface area contributed by atoms with Crippen LogP contribution in [0.1, 0.15) is 0 Å². The molecule has 0 aliphatic heterocycles. The van der Waals surface area contributed by atoms with Crippen LogP contribution in [0.15, 0.2) is 60.5 Å². The van der Waals surface area contributed by atoms with Crippen LogP contribution in [0.2, 0.25) is 5.02 Å². The third-order valence-electron chi connectivity index (χ3n) is 3.73. The summed E-state index contributed by atoms with van der Waals surface area (Å²) in [6.07, 6.45) is 5.03. The lowest BCUT2D eigenvalue weighted by Crippen LogP contribution is -2.15. The van der Waals surface area contributed by atoms with Crippen molar-refractivity contribution in [2.75, 3.05) is 11.1 Å². The Morgan fingerprint density at radius 1 is 1.30 bits per heavy atom. The number of rotatable bonds is 9. The Morgan fingerprint density at radius 2 is 2.07 bits per heavy atom. The third kappa shape index (κ3) is 5.55. The fraction of sp³-hybridized carbons (Fsp3) is 0.158. The van der Waals surface area contributed by atoms with Gasteiger partial charge in [-0.25, -0.2) is 0 Å². The predicted molar refractivity (Wildman–Crippen MR) is 111 cm³/mol. The maximum atomic E-state index is 12.3. The zero-order valence-corrected chi connectivity index (χ0v) is 17.0. The lowest BCUT2D eigenvalue weighted by atomic mass is 10.2. The number of thioether (sulfide) groups is 1. The topological polar surface area (TPSA) is 81.9 Å². The maximum absolute atomic E-state index is 12.3. The molecule has 2 aromatic heterocycles. The summed E-state index contributed by atoms with van der Waals surface area (Å²) in [5.74, 6) is 0.206. The zero-order valence-electron chi connectivity index (χ0n) is 15.5. The first-order valence-electron chi connectivity index (χ1n) is 8.59. The molecule has 1 amide bonds. The standard InChI is InChI=1S/C19H16ClF2N5O2S/c1-2-9-27-17(12-5-7-23-8-6-12)25-26-19(27)30-11-16(28)24-13-3-4-15(14(20)10-13)29-18(21)22/h2-8,10,18H,1,9,11H2,(H,24,28). The molecule has 0 radical (unpaired) electrons. The van der Waals surface area contributed by atoms with E-state index >= 15 is 0 Å². The molecule has 0 bridgehead atoms. The summed E-state index contributed by atoms with van der Waals surface area (Å²) in [7, 11) is 0. The first kappa shape index (κ1) is 21.7. The van der Waals surface area contributed by atoms with Crippen LogP contribution in [-0.2, 0) is 11.3 Å². The van der Waals surface area contributed by atoms with Crippen LogP contribution < -0.4 is 10.1 Å². The van der Waals surface area contributed by atoms with Gasteiger partial charge in [-0.3, -0.25) is 14.3 Å². The van der Waals surface area contributed by atoms with Gasteiger partial charge in [-0.1, -0.05) is 29.4 Å². The summed E-state index contributed by atoms with van der Waals surface area (Å²) in [5, 5.41) is 11.5. The summed E-state index contributed by atoms with van der Waals surface area (Å²) in [6.45, 7) is 1.23. The lowest BCUT2D eigenvalue weighted by molar-refractivity contribution is -0.113. The second kappa shape index (κ2) is 10.2.